The van der Waals surface area contributed by atoms with Gasteiger partial charge in [-0.3, -0.25) is 9.59 Å². The molecule has 1 saturated heterocycles. The highest BCUT2D eigenvalue weighted by molar-refractivity contribution is 6.32. The minimum atomic E-state index is -0.0627. The van der Waals surface area contributed by atoms with Crippen molar-refractivity contribution < 1.29 is 9.59 Å². The van der Waals surface area contributed by atoms with Crippen LogP contribution in [0.2, 0.25) is 5.02 Å². The topological polar surface area (TPSA) is 87.2 Å². The second kappa shape index (κ2) is 9.52. The van der Waals surface area contributed by atoms with Crippen molar-refractivity contribution in [3.05, 3.63) is 53.7 Å². The fraction of sp³-hybridized carbons (Fsp3) is 0.333. The molecule has 0 radical (unpaired) electrons. The number of hydrogen-bond acceptors (Lipinski definition) is 6. The first-order valence-corrected chi connectivity index (χ1v) is 9.89. The van der Waals surface area contributed by atoms with Crippen LogP contribution in [0.3, 0.4) is 0 Å². The van der Waals surface area contributed by atoms with Gasteiger partial charge >= 0.3 is 0 Å². The monoisotopic (exact) mass is 413 g/mol. The summed E-state index contributed by atoms with van der Waals surface area (Å²) in [5.41, 5.74) is 1.59. The number of halogens is 1. The number of hydrogen-bond donors (Lipinski definition) is 2. The van der Waals surface area contributed by atoms with Gasteiger partial charge in [0, 0.05) is 38.2 Å². The van der Waals surface area contributed by atoms with Crippen molar-refractivity contribution in [2.24, 2.45) is 0 Å². The van der Waals surface area contributed by atoms with Gasteiger partial charge in [0.1, 0.15) is 5.02 Å². The molecule has 1 aliphatic rings. The smallest absolute Gasteiger partial charge is 0.224 e. The van der Waals surface area contributed by atoms with Crippen molar-refractivity contribution >= 4 is 40.7 Å². The van der Waals surface area contributed by atoms with E-state index in [0.29, 0.717) is 16.8 Å². The average Bonchev–Trinajstić information content (AvgIpc) is 2.72. The Kier molecular flexibility index (Phi) is 6.82. The summed E-state index contributed by atoms with van der Waals surface area (Å²) in [5.74, 6) is 0.972. The lowest BCUT2D eigenvalue weighted by Gasteiger charge is -2.31. The van der Waals surface area contributed by atoms with Gasteiger partial charge in [0.2, 0.25) is 11.9 Å². The Bertz CT molecular complexity index is 910. The van der Waals surface area contributed by atoms with Crippen LogP contribution in [0.4, 0.5) is 17.5 Å². The van der Waals surface area contributed by atoms with Crippen LogP contribution in [-0.4, -0.2) is 45.7 Å². The zero-order valence-corrected chi connectivity index (χ0v) is 17.1. The summed E-state index contributed by atoms with van der Waals surface area (Å²) >= 11 is 6.29. The summed E-state index contributed by atoms with van der Waals surface area (Å²) in [6.45, 7) is 6.55. The third kappa shape index (κ3) is 5.54. The number of para-hydroxylation sites is 1. The molecule has 2 aromatic rings. The molecule has 1 aromatic heterocycles. The number of likely N-dealkylation sites (tertiary alicyclic amines) is 1. The Hall–Kier alpha value is -2.93. The van der Waals surface area contributed by atoms with Crippen LogP contribution in [0.5, 0.6) is 0 Å². The molecular weight excluding hydrogens is 390 g/mol. The van der Waals surface area contributed by atoms with Crippen molar-refractivity contribution in [2.75, 3.05) is 23.7 Å². The Balaban J connectivity index is 1.71. The minimum absolute atomic E-state index is 0.0627. The van der Waals surface area contributed by atoms with Gasteiger partial charge in [-0.15, -0.1) is 0 Å². The summed E-state index contributed by atoms with van der Waals surface area (Å²) in [6, 6.07) is 7.69. The predicted octanol–water partition coefficient (Wildman–Crippen LogP) is 3.59. The number of amides is 1. The van der Waals surface area contributed by atoms with E-state index >= 15 is 0 Å². The SMILES string of the molecule is C=CC(=O)Cc1ccccc1Nc1nc(NC2CCN(C(C)=O)CC2)ncc1Cl. The summed E-state index contributed by atoms with van der Waals surface area (Å²) in [4.78, 5) is 33.8. The molecular formula is C21H24ClN5O2. The van der Waals surface area contributed by atoms with E-state index in [9.17, 15) is 9.59 Å². The first kappa shape index (κ1) is 20.8. The van der Waals surface area contributed by atoms with E-state index in [1.165, 1.54) is 6.08 Å². The standard InChI is InChI=1S/C21H24ClN5O2/c1-3-17(29)12-15-6-4-5-7-19(15)25-20-18(22)13-23-21(26-20)24-16-8-10-27(11-9-16)14(2)28/h3-7,13,16H,1,8-12H2,2H3,(H2,23,24,25,26). The zero-order valence-electron chi connectivity index (χ0n) is 16.3. The molecule has 1 aromatic carbocycles. The second-order valence-electron chi connectivity index (χ2n) is 6.94. The van der Waals surface area contributed by atoms with E-state index in [1.807, 2.05) is 29.2 Å². The van der Waals surface area contributed by atoms with Gasteiger partial charge in [-0.1, -0.05) is 36.4 Å². The number of rotatable bonds is 7. The maximum absolute atomic E-state index is 11.8. The number of nitrogens with zero attached hydrogens (tertiary/aromatic N) is 3. The van der Waals surface area contributed by atoms with E-state index < -0.39 is 0 Å². The van der Waals surface area contributed by atoms with Crippen LogP contribution in [0, 0.1) is 0 Å². The lowest BCUT2D eigenvalue weighted by atomic mass is 10.1. The Morgan fingerprint density at radius 1 is 1.31 bits per heavy atom. The molecule has 29 heavy (non-hydrogen) atoms. The van der Waals surface area contributed by atoms with Gasteiger partial charge in [-0.05, 0) is 30.5 Å². The van der Waals surface area contributed by atoms with Gasteiger partial charge in [0.25, 0.3) is 0 Å². The normalized spacial score (nSPS) is 14.3. The number of aromatic nitrogens is 2. The van der Waals surface area contributed by atoms with E-state index in [1.54, 1.807) is 13.1 Å². The maximum Gasteiger partial charge on any atom is 0.224 e. The van der Waals surface area contributed by atoms with Crippen LogP contribution < -0.4 is 10.6 Å². The molecule has 2 heterocycles. The Morgan fingerprint density at radius 3 is 2.72 bits per heavy atom. The number of benzene rings is 1. The molecule has 0 saturated carbocycles. The first-order valence-electron chi connectivity index (χ1n) is 9.51. The summed E-state index contributed by atoms with van der Waals surface area (Å²) in [6.07, 6.45) is 4.77. The second-order valence-corrected chi connectivity index (χ2v) is 7.35. The van der Waals surface area contributed by atoms with Crippen molar-refractivity contribution in [1.29, 1.82) is 0 Å². The van der Waals surface area contributed by atoms with Crippen molar-refractivity contribution in [3.63, 3.8) is 0 Å². The van der Waals surface area contributed by atoms with Gasteiger partial charge < -0.3 is 15.5 Å². The Morgan fingerprint density at radius 2 is 2.03 bits per heavy atom. The highest BCUT2D eigenvalue weighted by Crippen LogP contribution is 2.27. The number of anilines is 3. The van der Waals surface area contributed by atoms with E-state index in [2.05, 4.69) is 27.2 Å². The lowest BCUT2D eigenvalue weighted by molar-refractivity contribution is -0.129. The van der Waals surface area contributed by atoms with Crippen molar-refractivity contribution in [1.82, 2.24) is 14.9 Å². The zero-order chi connectivity index (χ0) is 20.8. The molecule has 8 heteroatoms. The van der Waals surface area contributed by atoms with E-state index in [4.69, 9.17) is 11.6 Å². The molecule has 2 N–H and O–H groups in total. The fourth-order valence-electron chi connectivity index (χ4n) is 3.23. The largest absolute Gasteiger partial charge is 0.351 e. The molecule has 7 nitrogen and oxygen atoms in total. The lowest BCUT2D eigenvalue weighted by Crippen LogP contribution is -2.41. The van der Waals surface area contributed by atoms with Crippen LogP contribution in [0.25, 0.3) is 0 Å². The highest BCUT2D eigenvalue weighted by Gasteiger charge is 2.21. The molecule has 0 aliphatic carbocycles. The molecule has 1 aliphatic heterocycles. The number of carbonyl (C=O) groups excluding carboxylic acids is 2. The molecule has 1 fully saturated rings. The van der Waals surface area contributed by atoms with Gasteiger partial charge in [0.15, 0.2) is 11.6 Å². The number of allylic oxidation sites excluding steroid dienone is 1. The first-order chi connectivity index (χ1) is 14.0. The minimum Gasteiger partial charge on any atom is -0.351 e. The quantitative estimate of drug-likeness (QED) is 0.674. The van der Waals surface area contributed by atoms with E-state index in [0.717, 1.165) is 37.2 Å². The Labute approximate surface area is 175 Å². The number of piperidine rings is 1. The van der Waals surface area contributed by atoms with Crippen LogP contribution in [-0.2, 0) is 16.0 Å². The van der Waals surface area contributed by atoms with Crippen LogP contribution in [0.1, 0.15) is 25.3 Å². The third-order valence-electron chi connectivity index (χ3n) is 4.88. The van der Waals surface area contributed by atoms with Gasteiger partial charge in [-0.25, -0.2) is 4.98 Å². The molecule has 3 rings (SSSR count). The van der Waals surface area contributed by atoms with Crippen LogP contribution in [0.15, 0.2) is 43.1 Å². The van der Waals surface area contributed by atoms with Crippen molar-refractivity contribution in [3.8, 4) is 0 Å². The molecule has 1 amide bonds. The number of ketones is 1. The number of nitrogens with one attached hydrogen (secondary N) is 2. The molecule has 0 bridgehead atoms. The highest BCUT2D eigenvalue weighted by atomic mass is 35.5. The number of carbonyl (C=O) groups is 2. The molecule has 0 unspecified atom stereocenters. The fourth-order valence-corrected chi connectivity index (χ4v) is 3.37. The van der Waals surface area contributed by atoms with Gasteiger partial charge in [-0.2, -0.15) is 4.98 Å². The molecule has 152 valence electrons. The molecule has 0 atom stereocenters. The third-order valence-corrected chi connectivity index (χ3v) is 5.16. The van der Waals surface area contributed by atoms with Crippen molar-refractivity contribution in [2.45, 2.75) is 32.2 Å². The van der Waals surface area contributed by atoms with E-state index in [-0.39, 0.29) is 24.2 Å². The predicted molar refractivity (Wildman–Crippen MR) is 115 cm³/mol. The average molecular weight is 414 g/mol. The van der Waals surface area contributed by atoms with Crippen LogP contribution >= 0.6 is 11.6 Å². The molecule has 0 spiro atoms. The van der Waals surface area contributed by atoms with Gasteiger partial charge in [0.05, 0.1) is 6.20 Å². The summed E-state index contributed by atoms with van der Waals surface area (Å²) in [5, 5.41) is 6.91. The summed E-state index contributed by atoms with van der Waals surface area (Å²) in [7, 11) is 0. The summed E-state index contributed by atoms with van der Waals surface area (Å²) < 4.78 is 0. The maximum atomic E-state index is 11.8.